The highest BCUT2D eigenvalue weighted by atomic mass is 16.5. The number of aryl methyl sites for hydroxylation is 1. The van der Waals surface area contributed by atoms with Crippen molar-refractivity contribution < 1.29 is 9.47 Å². The third kappa shape index (κ3) is 3.73. The summed E-state index contributed by atoms with van der Waals surface area (Å²) in [7, 11) is 1.66. The third-order valence-corrected chi connectivity index (χ3v) is 3.15. The van der Waals surface area contributed by atoms with Crippen molar-refractivity contribution >= 4 is 0 Å². The second-order valence-electron chi connectivity index (χ2n) is 5.15. The molecule has 0 N–H and O–H groups in total. The molecular weight excluding hydrogens is 250 g/mol. The lowest BCUT2D eigenvalue weighted by Crippen LogP contribution is -2.00. The summed E-state index contributed by atoms with van der Waals surface area (Å²) in [5.41, 5.74) is 3.11. The fourth-order valence-electron chi connectivity index (χ4n) is 2.00. The molecule has 0 radical (unpaired) electrons. The van der Waals surface area contributed by atoms with Gasteiger partial charge in [-0.3, -0.25) is 4.98 Å². The van der Waals surface area contributed by atoms with Gasteiger partial charge in [0.15, 0.2) is 0 Å². The Hall–Kier alpha value is -2.03. The van der Waals surface area contributed by atoms with Gasteiger partial charge in [0.2, 0.25) is 0 Å². The van der Waals surface area contributed by atoms with Gasteiger partial charge in [0.25, 0.3) is 0 Å². The van der Waals surface area contributed by atoms with E-state index >= 15 is 0 Å². The van der Waals surface area contributed by atoms with E-state index in [1.165, 1.54) is 5.56 Å². The van der Waals surface area contributed by atoms with E-state index in [2.05, 4.69) is 31.0 Å². The Balaban J connectivity index is 2.03. The van der Waals surface area contributed by atoms with Crippen molar-refractivity contribution in [1.29, 1.82) is 0 Å². The molecule has 0 bridgehead atoms. The van der Waals surface area contributed by atoms with Gasteiger partial charge in [-0.05, 0) is 30.5 Å². The molecule has 0 aliphatic carbocycles. The number of rotatable bonds is 5. The fraction of sp³-hybridized carbons (Fsp3) is 0.353. The van der Waals surface area contributed by atoms with Crippen LogP contribution >= 0.6 is 0 Å². The predicted molar refractivity (Wildman–Crippen MR) is 80.4 cm³/mol. The molecular formula is C17H21NO2. The van der Waals surface area contributed by atoms with Crippen LogP contribution in [0.25, 0.3) is 0 Å². The molecule has 0 spiro atoms. The zero-order valence-electron chi connectivity index (χ0n) is 12.5. The summed E-state index contributed by atoms with van der Waals surface area (Å²) in [6.07, 6.45) is 0. The standard InChI is InChI=1S/C17H21NO2/c1-12(2)14-5-7-16(8-6-14)20-11-15-10-17(19-4)9-13(3)18-15/h5-10,12H,11H2,1-4H3. The highest BCUT2D eigenvalue weighted by Crippen LogP contribution is 2.20. The maximum atomic E-state index is 5.76. The predicted octanol–water partition coefficient (Wildman–Crippen LogP) is 4.10. The van der Waals surface area contributed by atoms with Crippen LogP contribution in [-0.4, -0.2) is 12.1 Å². The zero-order valence-corrected chi connectivity index (χ0v) is 12.5. The zero-order chi connectivity index (χ0) is 14.5. The van der Waals surface area contributed by atoms with Gasteiger partial charge in [0, 0.05) is 17.8 Å². The first-order valence-corrected chi connectivity index (χ1v) is 6.83. The van der Waals surface area contributed by atoms with E-state index in [4.69, 9.17) is 9.47 Å². The lowest BCUT2D eigenvalue weighted by Gasteiger charge is -2.10. The molecule has 20 heavy (non-hydrogen) atoms. The normalized spacial score (nSPS) is 10.7. The number of pyridine rings is 1. The van der Waals surface area contributed by atoms with E-state index < -0.39 is 0 Å². The summed E-state index contributed by atoms with van der Waals surface area (Å²) >= 11 is 0. The van der Waals surface area contributed by atoms with E-state index in [-0.39, 0.29) is 0 Å². The average Bonchev–Trinajstić information content (AvgIpc) is 2.45. The van der Waals surface area contributed by atoms with Crippen LogP contribution in [0, 0.1) is 6.92 Å². The molecule has 0 saturated heterocycles. The molecule has 106 valence electrons. The summed E-state index contributed by atoms with van der Waals surface area (Å²) in [6.45, 7) is 6.75. The molecule has 1 heterocycles. The summed E-state index contributed by atoms with van der Waals surface area (Å²) in [5.74, 6) is 2.20. The second kappa shape index (κ2) is 6.42. The summed E-state index contributed by atoms with van der Waals surface area (Å²) in [6, 6.07) is 12.0. The van der Waals surface area contributed by atoms with Gasteiger partial charge in [-0.1, -0.05) is 26.0 Å². The van der Waals surface area contributed by atoms with Crippen LogP contribution in [0.2, 0.25) is 0 Å². The molecule has 0 unspecified atom stereocenters. The number of ether oxygens (including phenoxy) is 2. The molecule has 2 rings (SSSR count). The fourth-order valence-corrected chi connectivity index (χ4v) is 2.00. The smallest absolute Gasteiger partial charge is 0.130 e. The average molecular weight is 271 g/mol. The van der Waals surface area contributed by atoms with E-state index in [1.807, 2.05) is 31.2 Å². The van der Waals surface area contributed by atoms with E-state index in [9.17, 15) is 0 Å². The van der Waals surface area contributed by atoms with Gasteiger partial charge in [-0.2, -0.15) is 0 Å². The minimum Gasteiger partial charge on any atom is -0.497 e. The molecule has 1 aromatic carbocycles. The van der Waals surface area contributed by atoms with Crippen LogP contribution in [0.4, 0.5) is 0 Å². The van der Waals surface area contributed by atoms with Crippen molar-refractivity contribution in [2.45, 2.75) is 33.3 Å². The monoisotopic (exact) mass is 271 g/mol. The van der Waals surface area contributed by atoms with Crippen LogP contribution in [-0.2, 0) is 6.61 Å². The minimum atomic E-state index is 0.444. The SMILES string of the molecule is COc1cc(C)nc(COc2ccc(C(C)C)cc2)c1. The van der Waals surface area contributed by atoms with Crippen molar-refractivity contribution in [1.82, 2.24) is 4.98 Å². The minimum absolute atomic E-state index is 0.444. The van der Waals surface area contributed by atoms with Crippen LogP contribution in [0.3, 0.4) is 0 Å². The van der Waals surface area contributed by atoms with Gasteiger partial charge in [0.05, 0.1) is 12.8 Å². The Morgan fingerprint density at radius 1 is 1.05 bits per heavy atom. The number of nitrogens with zero attached hydrogens (tertiary/aromatic N) is 1. The van der Waals surface area contributed by atoms with Gasteiger partial charge >= 0.3 is 0 Å². The quantitative estimate of drug-likeness (QED) is 0.820. The van der Waals surface area contributed by atoms with Crippen molar-refractivity contribution in [2.75, 3.05) is 7.11 Å². The van der Waals surface area contributed by atoms with Gasteiger partial charge in [-0.15, -0.1) is 0 Å². The number of hydrogen-bond donors (Lipinski definition) is 0. The number of methoxy groups -OCH3 is 1. The number of aromatic nitrogens is 1. The Bertz CT molecular complexity index is 562. The van der Waals surface area contributed by atoms with E-state index in [0.717, 1.165) is 22.9 Å². The highest BCUT2D eigenvalue weighted by Gasteiger charge is 2.03. The van der Waals surface area contributed by atoms with Crippen LogP contribution in [0.15, 0.2) is 36.4 Å². The Labute approximate surface area is 120 Å². The molecule has 3 heteroatoms. The van der Waals surface area contributed by atoms with Crippen LogP contribution in [0.5, 0.6) is 11.5 Å². The summed E-state index contributed by atoms with van der Waals surface area (Å²) in [4.78, 5) is 4.44. The highest BCUT2D eigenvalue weighted by molar-refractivity contribution is 5.30. The molecule has 0 aliphatic heterocycles. The van der Waals surface area contributed by atoms with Gasteiger partial charge in [0.1, 0.15) is 18.1 Å². The van der Waals surface area contributed by atoms with Crippen molar-refractivity contribution in [3.05, 3.63) is 53.3 Å². The maximum absolute atomic E-state index is 5.76. The Kier molecular flexibility index (Phi) is 4.61. The van der Waals surface area contributed by atoms with Crippen molar-refractivity contribution in [3.8, 4) is 11.5 Å². The van der Waals surface area contributed by atoms with Crippen molar-refractivity contribution in [2.24, 2.45) is 0 Å². The molecule has 0 amide bonds. The largest absolute Gasteiger partial charge is 0.497 e. The van der Waals surface area contributed by atoms with Crippen molar-refractivity contribution in [3.63, 3.8) is 0 Å². The lowest BCUT2D eigenvalue weighted by atomic mass is 10.0. The first kappa shape index (κ1) is 14.4. The topological polar surface area (TPSA) is 31.4 Å². The van der Waals surface area contributed by atoms with E-state index in [1.54, 1.807) is 7.11 Å². The molecule has 1 aromatic heterocycles. The molecule has 0 fully saturated rings. The number of hydrogen-bond acceptors (Lipinski definition) is 3. The van der Waals surface area contributed by atoms with Gasteiger partial charge in [-0.25, -0.2) is 0 Å². The van der Waals surface area contributed by atoms with E-state index in [0.29, 0.717) is 12.5 Å². The number of benzene rings is 1. The molecule has 3 nitrogen and oxygen atoms in total. The third-order valence-electron chi connectivity index (χ3n) is 3.15. The molecule has 0 aliphatic rings. The Morgan fingerprint density at radius 3 is 2.35 bits per heavy atom. The second-order valence-corrected chi connectivity index (χ2v) is 5.15. The van der Waals surface area contributed by atoms with Gasteiger partial charge < -0.3 is 9.47 Å². The summed E-state index contributed by atoms with van der Waals surface area (Å²) < 4.78 is 11.0. The van der Waals surface area contributed by atoms with Crippen LogP contribution in [0.1, 0.15) is 36.7 Å². The molecule has 0 atom stereocenters. The first-order chi connectivity index (χ1) is 9.58. The maximum Gasteiger partial charge on any atom is 0.130 e. The molecule has 0 saturated carbocycles. The van der Waals surface area contributed by atoms with Crippen LogP contribution < -0.4 is 9.47 Å². The first-order valence-electron chi connectivity index (χ1n) is 6.83. The summed E-state index contributed by atoms with van der Waals surface area (Å²) in [5, 5.41) is 0. The molecule has 2 aromatic rings. The lowest BCUT2D eigenvalue weighted by molar-refractivity contribution is 0.299. The Morgan fingerprint density at radius 2 is 1.75 bits per heavy atom.